The maximum Gasteiger partial charge on any atom is 0.131 e. The Labute approximate surface area is 126 Å². The maximum atomic E-state index is 14.1. The number of ether oxygens (including phenoxy) is 1. The first-order valence-electron chi connectivity index (χ1n) is 7.50. The number of nitrogens with zero attached hydrogens (tertiary/aromatic N) is 1. The number of methoxy groups -OCH3 is 1. The van der Waals surface area contributed by atoms with Crippen molar-refractivity contribution in [3.05, 3.63) is 29.6 Å². The van der Waals surface area contributed by atoms with E-state index < -0.39 is 0 Å². The summed E-state index contributed by atoms with van der Waals surface area (Å²) in [5.41, 5.74) is 0.584. The van der Waals surface area contributed by atoms with Crippen LogP contribution in [0.5, 0.6) is 5.75 Å². The quantitative estimate of drug-likeness (QED) is 0.695. The van der Waals surface area contributed by atoms with E-state index in [4.69, 9.17) is 9.84 Å². The van der Waals surface area contributed by atoms with Gasteiger partial charge in [0, 0.05) is 24.8 Å². The Balaban J connectivity index is 2.75. The molecule has 1 atom stereocenters. The molecule has 0 radical (unpaired) electrons. The number of hydrogen-bond acceptors (Lipinski definition) is 4. The Kier molecular flexibility index (Phi) is 8.27. The van der Waals surface area contributed by atoms with Crippen molar-refractivity contribution < 1.29 is 14.2 Å². The van der Waals surface area contributed by atoms with Gasteiger partial charge in [-0.3, -0.25) is 0 Å². The zero-order valence-electron chi connectivity index (χ0n) is 13.2. The molecule has 1 aromatic rings. The summed E-state index contributed by atoms with van der Waals surface area (Å²) in [6.07, 6.45) is 1.55. The highest BCUT2D eigenvalue weighted by Gasteiger charge is 2.19. The topological polar surface area (TPSA) is 44.7 Å². The van der Waals surface area contributed by atoms with E-state index in [1.54, 1.807) is 19.2 Å². The van der Waals surface area contributed by atoms with E-state index in [-0.39, 0.29) is 18.5 Å². The molecule has 1 aromatic carbocycles. The highest BCUT2D eigenvalue weighted by molar-refractivity contribution is 5.37. The van der Waals surface area contributed by atoms with Gasteiger partial charge in [-0.1, -0.05) is 13.0 Å². The monoisotopic (exact) mass is 298 g/mol. The molecule has 0 spiro atoms. The second-order valence-corrected chi connectivity index (χ2v) is 5.00. The van der Waals surface area contributed by atoms with Gasteiger partial charge >= 0.3 is 0 Å². The van der Waals surface area contributed by atoms with Crippen LogP contribution in [0.1, 0.15) is 31.4 Å². The van der Waals surface area contributed by atoms with Gasteiger partial charge in [0.15, 0.2) is 0 Å². The fraction of sp³-hybridized carbons (Fsp3) is 0.625. The lowest BCUT2D eigenvalue weighted by Crippen LogP contribution is -2.30. The molecule has 5 heteroatoms. The molecular weight excluding hydrogens is 271 g/mol. The highest BCUT2D eigenvalue weighted by Crippen LogP contribution is 2.29. The largest absolute Gasteiger partial charge is 0.496 e. The summed E-state index contributed by atoms with van der Waals surface area (Å²) in [6, 6.07) is 4.81. The molecule has 0 aliphatic rings. The molecule has 0 fully saturated rings. The molecule has 4 nitrogen and oxygen atoms in total. The van der Waals surface area contributed by atoms with Gasteiger partial charge < -0.3 is 20.1 Å². The highest BCUT2D eigenvalue weighted by atomic mass is 19.1. The first-order valence-corrected chi connectivity index (χ1v) is 7.50. The molecule has 0 amide bonds. The molecule has 0 aliphatic heterocycles. The fourth-order valence-electron chi connectivity index (χ4n) is 2.50. The fourth-order valence-corrected chi connectivity index (χ4v) is 2.50. The number of aliphatic hydroxyl groups excluding tert-OH is 1. The summed E-state index contributed by atoms with van der Waals surface area (Å²) in [7, 11) is 3.39. The molecule has 0 saturated heterocycles. The van der Waals surface area contributed by atoms with Gasteiger partial charge in [-0.2, -0.15) is 0 Å². The number of halogens is 1. The summed E-state index contributed by atoms with van der Waals surface area (Å²) < 4.78 is 19.4. The average molecular weight is 298 g/mol. The number of aliphatic hydroxyl groups is 1. The first kappa shape index (κ1) is 17.9. The Bertz CT molecular complexity index is 415. The van der Waals surface area contributed by atoms with Crippen molar-refractivity contribution in [3.8, 4) is 5.75 Å². The Morgan fingerprint density at radius 2 is 2.14 bits per heavy atom. The lowest BCUT2D eigenvalue weighted by atomic mass is 10.0. The van der Waals surface area contributed by atoms with Crippen LogP contribution in [0, 0.1) is 5.82 Å². The summed E-state index contributed by atoms with van der Waals surface area (Å²) in [4.78, 5) is 2.26. The molecule has 1 rings (SSSR count). The lowest BCUT2D eigenvalue weighted by Gasteiger charge is -2.25. The van der Waals surface area contributed by atoms with E-state index in [1.165, 1.54) is 6.07 Å². The molecule has 0 aliphatic carbocycles. The molecule has 0 aromatic heterocycles. The molecule has 0 heterocycles. The standard InChI is InChI=1S/C16H27FN2O2/c1-4-19(10-6-12-20)11-9-14(18-2)16-13(17)7-5-8-15(16)21-3/h5,7-8,14,18,20H,4,6,9-12H2,1-3H3. The van der Waals surface area contributed by atoms with E-state index in [1.807, 2.05) is 7.05 Å². The third kappa shape index (κ3) is 5.26. The molecular formula is C16H27FN2O2. The second-order valence-electron chi connectivity index (χ2n) is 5.00. The molecule has 2 N–H and O–H groups in total. The van der Waals surface area contributed by atoms with Crippen LogP contribution in [0.25, 0.3) is 0 Å². The van der Waals surface area contributed by atoms with E-state index in [0.29, 0.717) is 11.3 Å². The third-order valence-electron chi connectivity index (χ3n) is 3.74. The summed E-state index contributed by atoms with van der Waals surface area (Å²) in [6.45, 7) is 4.92. The first-order chi connectivity index (χ1) is 10.2. The van der Waals surface area contributed by atoms with Crippen LogP contribution in [0.2, 0.25) is 0 Å². The lowest BCUT2D eigenvalue weighted by molar-refractivity contribution is 0.222. The van der Waals surface area contributed by atoms with Crippen molar-refractivity contribution in [3.63, 3.8) is 0 Å². The van der Waals surface area contributed by atoms with Crippen LogP contribution in [0.15, 0.2) is 18.2 Å². The maximum absolute atomic E-state index is 14.1. The predicted molar refractivity (Wildman–Crippen MR) is 83.2 cm³/mol. The molecule has 1 unspecified atom stereocenters. The zero-order valence-corrected chi connectivity index (χ0v) is 13.2. The van der Waals surface area contributed by atoms with Crippen LogP contribution in [-0.2, 0) is 0 Å². The van der Waals surface area contributed by atoms with Crippen LogP contribution < -0.4 is 10.1 Å². The smallest absolute Gasteiger partial charge is 0.131 e. The minimum atomic E-state index is -0.243. The van der Waals surface area contributed by atoms with Crippen molar-refractivity contribution in [1.82, 2.24) is 10.2 Å². The molecule has 0 bridgehead atoms. The van der Waals surface area contributed by atoms with E-state index in [9.17, 15) is 4.39 Å². The van der Waals surface area contributed by atoms with Gasteiger partial charge in [0.1, 0.15) is 11.6 Å². The van der Waals surface area contributed by atoms with Crippen LogP contribution >= 0.6 is 0 Å². The van der Waals surface area contributed by atoms with Gasteiger partial charge in [0.2, 0.25) is 0 Å². The van der Waals surface area contributed by atoms with E-state index in [0.717, 1.165) is 32.5 Å². The Morgan fingerprint density at radius 3 is 2.71 bits per heavy atom. The van der Waals surface area contributed by atoms with E-state index >= 15 is 0 Å². The van der Waals surface area contributed by atoms with Crippen molar-refractivity contribution in [2.75, 3.05) is 40.4 Å². The third-order valence-corrected chi connectivity index (χ3v) is 3.74. The van der Waals surface area contributed by atoms with Gasteiger partial charge in [-0.05, 0) is 45.1 Å². The number of rotatable bonds is 10. The van der Waals surface area contributed by atoms with Crippen molar-refractivity contribution in [2.45, 2.75) is 25.8 Å². The van der Waals surface area contributed by atoms with Crippen molar-refractivity contribution in [1.29, 1.82) is 0 Å². The minimum Gasteiger partial charge on any atom is -0.496 e. The average Bonchev–Trinajstić information content (AvgIpc) is 2.51. The number of hydrogen-bond donors (Lipinski definition) is 2. The minimum absolute atomic E-state index is 0.0932. The van der Waals surface area contributed by atoms with Crippen LogP contribution in [0.4, 0.5) is 4.39 Å². The van der Waals surface area contributed by atoms with Gasteiger partial charge in [0.05, 0.1) is 7.11 Å². The number of benzene rings is 1. The zero-order chi connectivity index (χ0) is 15.7. The van der Waals surface area contributed by atoms with Crippen LogP contribution in [0.3, 0.4) is 0 Å². The molecule has 120 valence electrons. The van der Waals surface area contributed by atoms with Crippen molar-refractivity contribution >= 4 is 0 Å². The van der Waals surface area contributed by atoms with Gasteiger partial charge in [0.25, 0.3) is 0 Å². The normalized spacial score (nSPS) is 12.7. The number of nitrogens with one attached hydrogen (secondary N) is 1. The van der Waals surface area contributed by atoms with Crippen molar-refractivity contribution in [2.24, 2.45) is 0 Å². The van der Waals surface area contributed by atoms with Crippen LogP contribution in [-0.4, -0.2) is 50.4 Å². The molecule has 21 heavy (non-hydrogen) atoms. The summed E-state index contributed by atoms with van der Waals surface area (Å²) in [5, 5.41) is 12.1. The summed E-state index contributed by atoms with van der Waals surface area (Å²) in [5.74, 6) is 0.333. The Hall–Kier alpha value is -1.17. The van der Waals surface area contributed by atoms with E-state index in [2.05, 4.69) is 17.1 Å². The Morgan fingerprint density at radius 1 is 1.38 bits per heavy atom. The summed E-state index contributed by atoms with van der Waals surface area (Å²) >= 11 is 0. The predicted octanol–water partition coefficient (Wildman–Crippen LogP) is 2.19. The van der Waals surface area contributed by atoms with Gasteiger partial charge in [-0.15, -0.1) is 0 Å². The SMILES string of the molecule is CCN(CCCO)CCC(NC)c1c(F)cccc1OC. The second kappa shape index (κ2) is 9.71. The molecule has 0 saturated carbocycles. The van der Waals surface area contributed by atoms with Gasteiger partial charge in [-0.25, -0.2) is 4.39 Å².